The smallest absolute Gasteiger partial charge is 0.238 e. The monoisotopic (exact) mass is 958 g/mol. The lowest BCUT2D eigenvalue weighted by Crippen LogP contribution is -2.14. The highest BCUT2D eigenvalue weighted by Crippen LogP contribution is 2.43. The highest BCUT2D eigenvalue weighted by atomic mass is 15.2. The standard InChI is InChI=1S/C67H42N8/c1-5-21-43(22-6-1)47-37-39-59-53(41-47)54-42-48(44-23-7-2-8-24-44)38-40-60(54)75(59)67-71-65(73-55-33-17-13-29-49(55)50-30-14-18-34-56(50)73)61(66(72-67)74-57-35-19-15-31-51(57)52-32-16-20-36-58(52)74)64-69-62(45-25-9-3-10-26-45)68-63(70-64)46-27-11-4-12-28-46/h1-42H. The Kier molecular flexibility index (Phi) is 9.71. The summed E-state index contributed by atoms with van der Waals surface area (Å²) in [6, 6.07) is 89.2. The molecule has 350 valence electrons. The fourth-order valence-electron chi connectivity index (χ4n) is 11.1. The number of nitrogens with zero attached hydrogens (tertiary/aromatic N) is 8. The topological polar surface area (TPSA) is 79.2 Å². The molecule has 0 aliphatic heterocycles. The zero-order valence-corrected chi connectivity index (χ0v) is 40.3. The fourth-order valence-corrected chi connectivity index (χ4v) is 11.1. The lowest BCUT2D eigenvalue weighted by Gasteiger charge is -2.20. The van der Waals surface area contributed by atoms with Crippen LogP contribution in [0.25, 0.3) is 139 Å². The molecule has 10 aromatic carbocycles. The average Bonchev–Trinajstić information content (AvgIpc) is 4.18. The van der Waals surface area contributed by atoms with Gasteiger partial charge in [-0.3, -0.25) is 13.7 Å². The van der Waals surface area contributed by atoms with Crippen LogP contribution in [-0.2, 0) is 0 Å². The third kappa shape index (κ3) is 6.88. The van der Waals surface area contributed by atoms with Crippen LogP contribution in [0.15, 0.2) is 255 Å². The molecular weight excluding hydrogens is 917 g/mol. The molecule has 8 nitrogen and oxygen atoms in total. The van der Waals surface area contributed by atoms with Gasteiger partial charge in [-0.25, -0.2) is 15.0 Å². The van der Waals surface area contributed by atoms with Crippen LogP contribution in [0.3, 0.4) is 0 Å². The third-order valence-electron chi connectivity index (χ3n) is 14.5. The van der Waals surface area contributed by atoms with E-state index in [0.717, 1.165) is 98.8 Å². The first-order valence-corrected chi connectivity index (χ1v) is 25.2. The fraction of sp³-hybridized carbons (Fsp3) is 0. The maximum Gasteiger partial charge on any atom is 0.238 e. The van der Waals surface area contributed by atoms with Crippen LogP contribution in [0.4, 0.5) is 0 Å². The van der Waals surface area contributed by atoms with Crippen molar-refractivity contribution in [1.29, 1.82) is 0 Å². The summed E-state index contributed by atoms with van der Waals surface area (Å²) in [6.45, 7) is 0. The molecule has 0 aliphatic carbocycles. The molecule has 15 rings (SSSR count). The Morgan fingerprint density at radius 2 is 0.520 bits per heavy atom. The van der Waals surface area contributed by atoms with Gasteiger partial charge in [-0.15, -0.1) is 0 Å². The molecule has 0 fully saturated rings. The molecule has 0 saturated carbocycles. The van der Waals surface area contributed by atoms with Crippen LogP contribution in [0.2, 0.25) is 0 Å². The van der Waals surface area contributed by atoms with Crippen molar-refractivity contribution >= 4 is 65.4 Å². The predicted molar refractivity (Wildman–Crippen MR) is 306 cm³/mol. The molecule has 0 N–H and O–H groups in total. The van der Waals surface area contributed by atoms with Gasteiger partial charge in [0.05, 0.1) is 33.1 Å². The number of hydrogen-bond donors (Lipinski definition) is 0. The predicted octanol–water partition coefficient (Wildman–Crippen LogP) is 16.3. The van der Waals surface area contributed by atoms with Gasteiger partial charge in [0.2, 0.25) is 5.95 Å². The minimum Gasteiger partial charge on any atom is -0.293 e. The molecular formula is C67H42N8. The summed E-state index contributed by atoms with van der Waals surface area (Å²) in [5.74, 6) is 3.25. The lowest BCUT2D eigenvalue weighted by molar-refractivity contribution is 0.914. The van der Waals surface area contributed by atoms with E-state index in [4.69, 9.17) is 24.9 Å². The third-order valence-corrected chi connectivity index (χ3v) is 14.5. The van der Waals surface area contributed by atoms with E-state index in [9.17, 15) is 0 Å². The van der Waals surface area contributed by atoms with E-state index in [0.29, 0.717) is 40.6 Å². The maximum atomic E-state index is 5.93. The number of benzene rings is 10. The van der Waals surface area contributed by atoms with Crippen molar-refractivity contribution in [2.45, 2.75) is 0 Å². The second-order valence-electron chi connectivity index (χ2n) is 18.9. The van der Waals surface area contributed by atoms with Crippen molar-refractivity contribution in [3.8, 4) is 74.0 Å². The van der Waals surface area contributed by atoms with Gasteiger partial charge in [0.1, 0.15) is 5.56 Å². The number of hydrogen-bond acceptors (Lipinski definition) is 5. The van der Waals surface area contributed by atoms with E-state index in [2.05, 4.69) is 208 Å². The number of rotatable bonds is 8. The van der Waals surface area contributed by atoms with Crippen molar-refractivity contribution < 1.29 is 0 Å². The Balaban J connectivity index is 1.14. The van der Waals surface area contributed by atoms with E-state index in [-0.39, 0.29) is 0 Å². The van der Waals surface area contributed by atoms with Crippen LogP contribution in [-0.4, -0.2) is 38.6 Å². The summed E-state index contributed by atoms with van der Waals surface area (Å²) >= 11 is 0. The van der Waals surface area contributed by atoms with Crippen molar-refractivity contribution in [3.63, 3.8) is 0 Å². The van der Waals surface area contributed by atoms with Gasteiger partial charge in [-0.1, -0.05) is 206 Å². The molecule has 0 unspecified atom stereocenters. The van der Waals surface area contributed by atoms with Gasteiger partial charge in [0.25, 0.3) is 0 Å². The van der Waals surface area contributed by atoms with Gasteiger partial charge in [-0.2, -0.15) is 9.97 Å². The lowest BCUT2D eigenvalue weighted by atomic mass is 10.0. The first-order chi connectivity index (χ1) is 37.2. The quantitative estimate of drug-likeness (QED) is 0.152. The summed E-state index contributed by atoms with van der Waals surface area (Å²) in [5, 5.41) is 6.57. The van der Waals surface area contributed by atoms with Crippen molar-refractivity contribution in [2.75, 3.05) is 0 Å². The van der Waals surface area contributed by atoms with Crippen LogP contribution in [0, 0.1) is 0 Å². The summed E-state index contributed by atoms with van der Waals surface area (Å²) in [5.41, 5.74) is 12.8. The summed E-state index contributed by atoms with van der Waals surface area (Å²) in [7, 11) is 0. The number of para-hydroxylation sites is 4. The summed E-state index contributed by atoms with van der Waals surface area (Å²) in [6.07, 6.45) is 0. The van der Waals surface area contributed by atoms with E-state index >= 15 is 0 Å². The highest BCUT2D eigenvalue weighted by molar-refractivity contribution is 6.13. The number of aromatic nitrogens is 8. The summed E-state index contributed by atoms with van der Waals surface area (Å²) in [4.78, 5) is 28.0. The molecule has 0 spiro atoms. The molecule has 0 atom stereocenters. The minimum atomic E-state index is 0.435. The SMILES string of the molecule is c1ccc(-c2ccc3c(c2)c2cc(-c4ccccc4)ccc2n3-c2nc(-n3c4ccccc4c4ccccc43)c(-c3nc(-c4ccccc4)nc(-c4ccccc4)n3)c(-n3c4ccccc4c4ccccc43)n2)cc1. The van der Waals surface area contributed by atoms with Crippen LogP contribution in [0.5, 0.6) is 0 Å². The molecule has 15 aromatic rings. The molecule has 0 saturated heterocycles. The Hall–Kier alpha value is -10.3. The first kappa shape index (κ1) is 42.4. The molecule has 0 bridgehead atoms. The minimum absolute atomic E-state index is 0.435. The van der Waals surface area contributed by atoms with Crippen molar-refractivity contribution in [3.05, 3.63) is 255 Å². The Morgan fingerprint density at radius 1 is 0.213 bits per heavy atom. The highest BCUT2D eigenvalue weighted by Gasteiger charge is 2.30. The molecule has 0 radical (unpaired) electrons. The second-order valence-corrected chi connectivity index (χ2v) is 18.9. The van der Waals surface area contributed by atoms with E-state index in [1.54, 1.807) is 0 Å². The van der Waals surface area contributed by atoms with Crippen LogP contribution >= 0.6 is 0 Å². The molecule has 5 aromatic heterocycles. The van der Waals surface area contributed by atoms with E-state index < -0.39 is 0 Å². The molecule has 0 aliphatic rings. The maximum absolute atomic E-state index is 5.93. The molecule has 8 heteroatoms. The first-order valence-electron chi connectivity index (χ1n) is 25.2. The Bertz CT molecular complexity index is 4300. The van der Waals surface area contributed by atoms with Gasteiger partial charge >= 0.3 is 0 Å². The van der Waals surface area contributed by atoms with E-state index in [1.165, 1.54) is 0 Å². The molecule has 5 heterocycles. The Morgan fingerprint density at radius 3 is 0.893 bits per heavy atom. The molecule has 75 heavy (non-hydrogen) atoms. The van der Waals surface area contributed by atoms with Gasteiger partial charge in [0, 0.05) is 43.4 Å². The zero-order chi connectivity index (χ0) is 49.4. The van der Waals surface area contributed by atoms with Crippen molar-refractivity contribution in [1.82, 2.24) is 38.6 Å². The largest absolute Gasteiger partial charge is 0.293 e. The number of fused-ring (bicyclic) bond motifs is 9. The van der Waals surface area contributed by atoms with Gasteiger partial charge < -0.3 is 0 Å². The Labute approximate surface area is 430 Å². The summed E-state index contributed by atoms with van der Waals surface area (Å²) < 4.78 is 6.81. The second kappa shape index (κ2) is 17.2. The van der Waals surface area contributed by atoms with E-state index in [1.807, 2.05) is 60.7 Å². The average molecular weight is 959 g/mol. The van der Waals surface area contributed by atoms with Crippen molar-refractivity contribution in [2.24, 2.45) is 0 Å². The van der Waals surface area contributed by atoms with Crippen LogP contribution in [0.1, 0.15) is 0 Å². The molecule has 0 amide bonds. The van der Waals surface area contributed by atoms with Gasteiger partial charge in [0.15, 0.2) is 29.1 Å². The van der Waals surface area contributed by atoms with Gasteiger partial charge in [-0.05, 0) is 70.8 Å². The zero-order valence-electron chi connectivity index (χ0n) is 40.3. The van der Waals surface area contributed by atoms with Crippen LogP contribution < -0.4 is 0 Å². The normalized spacial score (nSPS) is 11.7.